The molecule has 4 aliphatic rings. The molecule has 6 atom stereocenters. The van der Waals surface area contributed by atoms with Crippen LogP contribution in [0.25, 0.3) is 0 Å². The van der Waals surface area contributed by atoms with Gasteiger partial charge in [0.15, 0.2) is 0 Å². The number of hydrogen-bond acceptors (Lipinski definition) is 9. The number of amides is 4. The Labute approximate surface area is 264 Å². The number of aromatic hydroxyl groups is 1. The molecule has 0 bridgehead atoms. The molecule has 2 aliphatic carbocycles. The van der Waals surface area contributed by atoms with Gasteiger partial charge in [-0.15, -0.1) is 0 Å². The first-order valence-corrected chi connectivity index (χ1v) is 15.1. The number of hydrogen-bond donors (Lipinski definition) is 3. The normalized spacial score (nSPS) is 28.4. The van der Waals surface area contributed by atoms with E-state index in [0.29, 0.717) is 22.6 Å². The van der Waals surface area contributed by atoms with Crippen molar-refractivity contribution >= 4 is 29.3 Å². The van der Waals surface area contributed by atoms with Crippen LogP contribution in [-0.2, 0) is 24.6 Å². The number of hydroxylamine groups is 2. The van der Waals surface area contributed by atoms with Crippen molar-refractivity contribution in [2.45, 2.75) is 31.1 Å². The number of anilines is 1. The van der Waals surface area contributed by atoms with Crippen molar-refractivity contribution in [3.05, 3.63) is 95.1 Å². The topological polar surface area (TPSA) is 146 Å². The summed E-state index contributed by atoms with van der Waals surface area (Å²) < 4.78 is 11.2. The van der Waals surface area contributed by atoms with Crippen LogP contribution in [0.5, 0.6) is 17.2 Å². The molecule has 0 spiro atoms. The molecule has 3 N–H and O–H groups in total. The molecular weight excluding hydrogens is 590 g/mol. The second kappa shape index (κ2) is 10.7. The van der Waals surface area contributed by atoms with Gasteiger partial charge in [0.1, 0.15) is 17.2 Å². The quantitative estimate of drug-likeness (QED) is 0.210. The maximum absolute atomic E-state index is 15.1. The van der Waals surface area contributed by atoms with Crippen molar-refractivity contribution in [1.29, 1.82) is 0 Å². The summed E-state index contributed by atoms with van der Waals surface area (Å²) in [4.78, 5) is 56.0. The Kier molecular flexibility index (Phi) is 6.89. The van der Waals surface area contributed by atoms with Gasteiger partial charge in [-0.2, -0.15) is 10.1 Å². The molecule has 11 nitrogen and oxygen atoms in total. The average Bonchev–Trinajstić information content (AvgIpc) is 3.42. The van der Waals surface area contributed by atoms with Crippen molar-refractivity contribution in [1.82, 2.24) is 10.1 Å². The van der Waals surface area contributed by atoms with Crippen molar-refractivity contribution in [2.24, 2.45) is 23.7 Å². The maximum atomic E-state index is 15.1. The summed E-state index contributed by atoms with van der Waals surface area (Å²) in [6.07, 6.45) is 2.02. The fraction of sp³-hybridized carbons (Fsp3) is 0.314. The molecule has 7 rings (SSSR count). The zero-order valence-corrected chi connectivity index (χ0v) is 25.5. The second-order valence-corrected chi connectivity index (χ2v) is 12.3. The lowest BCUT2D eigenvalue weighted by Crippen LogP contribution is -2.53. The van der Waals surface area contributed by atoms with Crippen LogP contribution in [0, 0.1) is 30.6 Å². The molecule has 2 saturated heterocycles. The molecule has 4 amide bonds. The SMILES string of the molecule is COc1cc(O)c(C2C3=CCC4C(=O)N(O)C(=O)C4C3CC3C(=O)N(Nc4ccc(C)cc4)C(=O)C32c2ccccc2)c(OC)c1. The number of rotatable bonds is 6. The zero-order valence-electron chi connectivity index (χ0n) is 25.5. The molecule has 3 aromatic rings. The standard InChI is InChI=1S/C35H33N3O8/c1-18-9-11-20(12-10-18)36-37-32(41)25-17-24-22(13-14-23-28(24)33(42)38(44)31(23)40)30(29-26(39)15-21(45-2)16-27(29)46-3)35(25,34(37)43)19-7-5-4-6-8-19/h4-13,15-16,23-25,28,30,36,39,44H,14,17H2,1-3H3. The summed E-state index contributed by atoms with van der Waals surface area (Å²) >= 11 is 0. The number of imide groups is 2. The number of allylic oxidation sites excluding steroid dienone is 2. The number of phenolic OH excluding ortho intramolecular Hbond substituents is 1. The summed E-state index contributed by atoms with van der Waals surface area (Å²) in [5, 5.41) is 23.3. The van der Waals surface area contributed by atoms with Crippen LogP contribution in [0.2, 0.25) is 0 Å². The van der Waals surface area contributed by atoms with Crippen molar-refractivity contribution in [2.75, 3.05) is 19.6 Å². The van der Waals surface area contributed by atoms with Gasteiger partial charge in [0.05, 0.1) is 43.1 Å². The van der Waals surface area contributed by atoms with Crippen molar-refractivity contribution in [3.63, 3.8) is 0 Å². The van der Waals surface area contributed by atoms with E-state index in [2.05, 4.69) is 5.43 Å². The van der Waals surface area contributed by atoms with Gasteiger partial charge in [0.2, 0.25) is 0 Å². The number of nitrogens with zero attached hydrogens (tertiary/aromatic N) is 2. The monoisotopic (exact) mass is 623 g/mol. The number of nitrogens with one attached hydrogen (secondary N) is 1. The third-order valence-corrected chi connectivity index (χ3v) is 10.2. The Morgan fingerprint density at radius 1 is 0.891 bits per heavy atom. The summed E-state index contributed by atoms with van der Waals surface area (Å²) in [5.41, 5.74) is 4.40. The van der Waals surface area contributed by atoms with Gasteiger partial charge < -0.3 is 14.6 Å². The molecule has 6 unspecified atom stereocenters. The van der Waals surface area contributed by atoms with E-state index in [9.17, 15) is 24.7 Å². The first-order chi connectivity index (χ1) is 22.1. The number of ether oxygens (including phenoxy) is 2. The van der Waals surface area contributed by atoms with Crippen LogP contribution < -0.4 is 14.9 Å². The first kappa shape index (κ1) is 29.5. The lowest BCUT2D eigenvalue weighted by molar-refractivity contribution is -0.173. The minimum atomic E-state index is -1.59. The fourth-order valence-corrected chi connectivity index (χ4v) is 8.21. The van der Waals surface area contributed by atoms with Gasteiger partial charge >= 0.3 is 0 Å². The van der Waals surface area contributed by atoms with Crippen LogP contribution in [0.1, 0.15) is 35.4 Å². The highest BCUT2D eigenvalue weighted by molar-refractivity contribution is 6.13. The molecule has 46 heavy (non-hydrogen) atoms. The Morgan fingerprint density at radius 2 is 1.61 bits per heavy atom. The Balaban J connectivity index is 1.51. The number of phenols is 1. The Morgan fingerprint density at radius 3 is 2.28 bits per heavy atom. The number of methoxy groups -OCH3 is 2. The van der Waals surface area contributed by atoms with Crippen LogP contribution in [-0.4, -0.2) is 58.2 Å². The highest BCUT2D eigenvalue weighted by Crippen LogP contribution is 2.66. The molecule has 3 aromatic carbocycles. The predicted molar refractivity (Wildman–Crippen MR) is 164 cm³/mol. The van der Waals surface area contributed by atoms with Crippen LogP contribution >= 0.6 is 0 Å². The van der Waals surface area contributed by atoms with Crippen LogP contribution in [0.15, 0.2) is 78.4 Å². The number of fused-ring (bicyclic) bond motifs is 4. The summed E-state index contributed by atoms with van der Waals surface area (Å²) in [7, 11) is 2.89. The summed E-state index contributed by atoms with van der Waals surface area (Å²) in [6.45, 7) is 1.93. The number of aryl methyl sites for hydroxylation is 1. The Hall–Kier alpha value is -5.16. The lowest BCUT2D eigenvalue weighted by atomic mass is 9.49. The first-order valence-electron chi connectivity index (χ1n) is 15.1. The van der Waals surface area contributed by atoms with Gasteiger partial charge in [-0.25, -0.2) is 0 Å². The summed E-state index contributed by atoms with van der Waals surface area (Å²) in [6, 6.07) is 19.3. The van der Waals surface area contributed by atoms with E-state index in [0.717, 1.165) is 10.6 Å². The zero-order chi connectivity index (χ0) is 32.5. The minimum absolute atomic E-state index is 0.0567. The average molecular weight is 624 g/mol. The number of hydrazine groups is 1. The third-order valence-electron chi connectivity index (χ3n) is 10.2. The van der Waals surface area contributed by atoms with Crippen molar-refractivity contribution < 1.29 is 39.0 Å². The van der Waals surface area contributed by atoms with Crippen LogP contribution in [0.3, 0.4) is 0 Å². The predicted octanol–water partition coefficient (Wildman–Crippen LogP) is 4.09. The molecule has 0 aromatic heterocycles. The van der Waals surface area contributed by atoms with E-state index in [1.807, 2.05) is 31.2 Å². The van der Waals surface area contributed by atoms with E-state index in [-0.39, 0.29) is 35.0 Å². The largest absolute Gasteiger partial charge is 0.507 e. The van der Waals surface area contributed by atoms with Gasteiger partial charge in [0, 0.05) is 23.6 Å². The summed E-state index contributed by atoms with van der Waals surface area (Å²) in [5.74, 6) is -6.62. The molecule has 236 valence electrons. The number of benzene rings is 3. The number of carbonyl (C=O) groups excluding carboxylic acids is 4. The maximum Gasteiger partial charge on any atom is 0.260 e. The molecule has 1 saturated carbocycles. The van der Waals surface area contributed by atoms with Gasteiger partial charge in [-0.3, -0.25) is 29.8 Å². The molecule has 11 heteroatoms. The second-order valence-electron chi connectivity index (χ2n) is 12.3. The smallest absolute Gasteiger partial charge is 0.260 e. The van der Waals surface area contributed by atoms with E-state index >= 15 is 4.79 Å². The van der Waals surface area contributed by atoms with Crippen LogP contribution in [0.4, 0.5) is 5.69 Å². The number of carbonyl (C=O) groups is 4. The molecule has 2 aliphatic heterocycles. The Bertz CT molecular complexity index is 1810. The third kappa shape index (κ3) is 4.00. The van der Waals surface area contributed by atoms with E-state index in [4.69, 9.17) is 9.47 Å². The minimum Gasteiger partial charge on any atom is -0.507 e. The van der Waals surface area contributed by atoms with E-state index < -0.39 is 58.6 Å². The van der Waals surface area contributed by atoms with Gasteiger partial charge in [0.25, 0.3) is 23.6 Å². The van der Waals surface area contributed by atoms with Gasteiger partial charge in [-0.1, -0.05) is 59.7 Å². The lowest BCUT2D eigenvalue weighted by Gasteiger charge is -2.50. The highest BCUT2D eigenvalue weighted by Gasteiger charge is 2.71. The molecule has 0 radical (unpaired) electrons. The molecule has 2 heterocycles. The molecule has 3 fully saturated rings. The highest BCUT2D eigenvalue weighted by atomic mass is 16.5. The van der Waals surface area contributed by atoms with E-state index in [1.165, 1.54) is 20.3 Å². The molecular formula is C35H33N3O8. The van der Waals surface area contributed by atoms with Crippen molar-refractivity contribution in [3.8, 4) is 17.2 Å². The van der Waals surface area contributed by atoms with Gasteiger partial charge in [-0.05, 0) is 43.4 Å². The van der Waals surface area contributed by atoms with E-state index in [1.54, 1.807) is 42.5 Å². The fourth-order valence-electron chi connectivity index (χ4n) is 8.21.